The average Bonchev–Trinajstić information content (AvgIpc) is 3.24. The molecule has 0 saturated carbocycles. The van der Waals surface area contributed by atoms with Crippen LogP contribution in [-0.2, 0) is 0 Å². The molecule has 0 saturated heterocycles. The molecular formula is C19H23Cl2N3O2S2. The number of thiazole rings is 1. The van der Waals surface area contributed by atoms with Crippen LogP contribution in [0.15, 0.2) is 30.3 Å². The van der Waals surface area contributed by atoms with E-state index in [-0.39, 0.29) is 18.3 Å². The maximum absolute atomic E-state index is 13.1. The summed E-state index contributed by atoms with van der Waals surface area (Å²) in [5.74, 6) is 0.755. The highest BCUT2D eigenvalue weighted by molar-refractivity contribution is 7.22. The van der Waals surface area contributed by atoms with E-state index < -0.39 is 0 Å². The molecule has 3 rings (SSSR count). The van der Waals surface area contributed by atoms with Gasteiger partial charge in [0.05, 0.1) is 26.0 Å². The maximum Gasteiger partial charge on any atom is 0.270 e. The van der Waals surface area contributed by atoms with E-state index in [4.69, 9.17) is 21.3 Å². The number of ether oxygens (including phenoxy) is 1. The predicted octanol–water partition coefficient (Wildman–Crippen LogP) is 5.43. The van der Waals surface area contributed by atoms with E-state index in [1.165, 1.54) is 22.7 Å². The van der Waals surface area contributed by atoms with Crippen molar-refractivity contribution in [2.45, 2.75) is 13.3 Å². The standard InChI is InChI=1S/C19H22ClN3O2S2.ClH/c1-4-25-13-6-7-14-16(12-13)27-19(21-14)23(11-5-10-22(2)3)18(24)15-8-9-17(20)26-15;/h6-9,12H,4-5,10-11H2,1-3H3;1H. The summed E-state index contributed by atoms with van der Waals surface area (Å²) < 4.78 is 7.19. The van der Waals surface area contributed by atoms with Crippen LogP contribution < -0.4 is 9.64 Å². The van der Waals surface area contributed by atoms with Gasteiger partial charge in [-0.3, -0.25) is 9.69 Å². The number of amides is 1. The third-order valence-corrected chi connectivity index (χ3v) is 6.17. The number of carbonyl (C=O) groups excluding carboxylic acids is 1. The molecule has 0 atom stereocenters. The first-order chi connectivity index (χ1) is 13.0. The number of anilines is 1. The lowest BCUT2D eigenvalue weighted by atomic mass is 10.3. The van der Waals surface area contributed by atoms with Crippen LogP contribution in [-0.4, -0.2) is 49.6 Å². The lowest BCUT2D eigenvalue weighted by Gasteiger charge is -2.20. The molecule has 0 radical (unpaired) electrons. The predicted molar refractivity (Wildman–Crippen MR) is 122 cm³/mol. The summed E-state index contributed by atoms with van der Waals surface area (Å²) >= 11 is 8.83. The Bertz CT molecular complexity index is 927. The van der Waals surface area contributed by atoms with E-state index in [0.29, 0.717) is 27.5 Å². The highest BCUT2D eigenvalue weighted by Gasteiger charge is 2.22. The average molecular weight is 460 g/mol. The molecule has 5 nitrogen and oxygen atoms in total. The van der Waals surface area contributed by atoms with Gasteiger partial charge in [-0.15, -0.1) is 23.7 Å². The van der Waals surface area contributed by atoms with Gasteiger partial charge in [0.2, 0.25) is 0 Å². The second-order valence-electron chi connectivity index (χ2n) is 6.28. The first kappa shape index (κ1) is 22.9. The first-order valence-electron chi connectivity index (χ1n) is 8.73. The number of hydrogen-bond acceptors (Lipinski definition) is 6. The lowest BCUT2D eigenvalue weighted by Crippen LogP contribution is -2.32. The maximum atomic E-state index is 13.1. The molecule has 0 aliphatic heterocycles. The Morgan fingerprint density at radius 1 is 1.18 bits per heavy atom. The van der Waals surface area contributed by atoms with Crippen molar-refractivity contribution in [3.05, 3.63) is 39.5 Å². The molecular weight excluding hydrogens is 437 g/mol. The van der Waals surface area contributed by atoms with Gasteiger partial charge in [0.1, 0.15) is 5.75 Å². The van der Waals surface area contributed by atoms with Gasteiger partial charge in [-0.1, -0.05) is 22.9 Å². The van der Waals surface area contributed by atoms with Gasteiger partial charge in [-0.25, -0.2) is 4.98 Å². The van der Waals surface area contributed by atoms with Gasteiger partial charge in [-0.05, 0) is 64.3 Å². The Balaban J connectivity index is 0.00000280. The Kier molecular flexibility index (Phi) is 8.52. The fourth-order valence-corrected chi connectivity index (χ4v) is 4.67. The summed E-state index contributed by atoms with van der Waals surface area (Å²) in [6, 6.07) is 9.35. The van der Waals surface area contributed by atoms with Crippen LogP contribution in [0.1, 0.15) is 23.0 Å². The van der Waals surface area contributed by atoms with Gasteiger partial charge in [0.15, 0.2) is 5.13 Å². The number of carbonyl (C=O) groups is 1. The molecule has 0 unspecified atom stereocenters. The van der Waals surface area contributed by atoms with Crippen molar-refractivity contribution in [2.75, 3.05) is 38.7 Å². The molecule has 9 heteroatoms. The van der Waals surface area contributed by atoms with E-state index in [2.05, 4.69) is 4.90 Å². The molecule has 3 aromatic rings. The molecule has 0 bridgehead atoms. The Hall–Kier alpha value is -1.38. The molecule has 2 heterocycles. The zero-order valence-electron chi connectivity index (χ0n) is 16.0. The minimum atomic E-state index is -0.0604. The molecule has 28 heavy (non-hydrogen) atoms. The molecule has 0 aliphatic carbocycles. The van der Waals surface area contributed by atoms with Crippen molar-refractivity contribution in [2.24, 2.45) is 0 Å². The third-order valence-electron chi connectivity index (χ3n) is 3.91. The van der Waals surface area contributed by atoms with Crippen LogP contribution in [0.4, 0.5) is 5.13 Å². The van der Waals surface area contributed by atoms with E-state index in [9.17, 15) is 4.79 Å². The highest BCUT2D eigenvalue weighted by atomic mass is 35.5. The van der Waals surface area contributed by atoms with Crippen molar-refractivity contribution in [3.63, 3.8) is 0 Å². The summed E-state index contributed by atoms with van der Waals surface area (Å²) in [6.07, 6.45) is 0.859. The summed E-state index contributed by atoms with van der Waals surface area (Å²) in [6.45, 7) is 4.07. The van der Waals surface area contributed by atoms with E-state index in [1.807, 2.05) is 39.2 Å². The molecule has 0 fully saturated rings. The van der Waals surface area contributed by atoms with Crippen molar-refractivity contribution in [3.8, 4) is 5.75 Å². The van der Waals surface area contributed by atoms with E-state index in [0.717, 1.165) is 28.9 Å². The molecule has 0 spiro atoms. The SMILES string of the molecule is CCOc1ccc2nc(N(CCCN(C)C)C(=O)c3ccc(Cl)s3)sc2c1.Cl. The van der Waals surface area contributed by atoms with Crippen LogP contribution in [0.2, 0.25) is 4.34 Å². The zero-order chi connectivity index (χ0) is 19.4. The molecule has 1 amide bonds. The number of thiophene rings is 1. The van der Waals surface area contributed by atoms with Crippen molar-refractivity contribution >= 4 is 67.9 Å². The smallest absolute Gasteiger partial charge is 0.270 e. The number of benzene rings is 1. The fourth-order valence-electron chi connectivity index (χ4n) is 2.66. The number of fused-ring (bicyclic) bond motifs is 1. The van der Waals surface area contributed by atoms with Crippen LogP contribution in [0, 0.1) is 0 Å². The van der Waals surface area contributed by atoms with Crippen LogP contribution >= 0.6 is 46.7 Å². The number of nitrogens with zero attached hydrogens (tertiary/aromatic N) is 3. The topological polar surface area (TPSA) is 45.7 Å². The first-order valence-corrected chi connectivity index (χ1v) is 10.7. The van der Waals surface area contributed by atoms with Crippen molar-refractivity contribution in [1.29, 1.82) is 0 Å². The molecule has 2 aromatic heterocycles. The zero-order valence-corrected chi connectivity index (χ0v) is 19.2. The van der Waals surface area contributed by atoms with Gasteiger partial charge in [0, 0.05) is 6.54 Å². The molecule has 0 aliphatic rings. The van der Waals surface area contributed by atoms with Gasteiger partial charge >= 0.3 is 0 Å². The largest absolute Gasteiger partial charge is 0.494 e. The third kappa shape index (κ3) is 5.58. The summed E-state index contributed by atoms with van der Waals surface area (Å²) in [5, 5.41) is 0.701. The van der Waals surface area contributed by atoms with Gasteiger partial charge in [0.25, 0.3) is 5.91 Å². The number of aromatic nitrogens is 1. The second kappa shape index (κ2) is 10.4. The summed E-state index contributed by atoms with van der Waals surface area (Å²) in [4.78, 5) is 22.3. The van der Waals surface area contributed by atoms with Crippen LogP contribution in [0.3, 0.4) is 0 Å². The summed E-state index contributed by atoms with van der Waals surface area (Å²) in [7, 11) is 4.05. The monoisotopic (exact) mass is 459 g/mol. The van der Waals surface area contributed by atoms with Gasteiger partial charge in [-0.2, -0.15) is 0 Å². The molecule has 0 N–H and O–H groups in total. The van der Waals surface area contributed by atoms with Crippen molar-refractivity contribution < 1.29 is 9.53 Å². The second-order valence-corrected chi connectivity index (χ2v) is 9.00. The Morgan fingerprint density at radius 2 is 1.96 bits per heavy atom. The fraction of sp³-hybridized carbons (Fsp3) is 0.368. The number of rotatable bonds is 8. The number of hydrogen-bond donors (Lipinski definition) is 0. The molecule has 1 aromatic carbocycles. The summed E-state index contributed by atoms with van der Waals surface area (Å²) in [5.41, 5.74) is 0.869. The number of halogens is 2. The Labute approximate surface area is 184 Å². The Morgan fingerprint density at radius 3 is 2.61 bits per heavy atom. The van der Waals surface area contributed by atoms with Gasteiger partial charge < -0.3 is 9.64 Å². The molecule has 152 valence electrons. The van der Waals surface area contributed by atoms with Crippen LogP contribution in [0.5, 0.6) is 5.75 Å². The van der Waals surface area contributed by atoms with Crippen LogP contribution in [0.25, 0.3) is 10.2 Å². The minimum absolute atomic E-state index is 0. The highest BCUT2D eigenvalue weighted by Crippen LogP contribution is 2.33. The van der Waals surface area contributed by atoms with Crippen molar-refractivity contribution in [1.82, 2.24) is 9.88 Å². The lowest BCUT2D eigenvalue weighted by molar-refractivity contribution is 0.0990. The quantitative estimate of drug-likeness (QED) is 0.450. The van der Waals surface area contributed by atoms with E-state index >= 15 is 0 Å². The normalized spacial score (nSPS) is 10.9. The minimum Gasteiger partial charge on any atom is -0.494 e. The van der Waals surface area contributed by atoms with E-state index in [1.54, 1.807) is 17.0 Å².